The minimum Gasteiger partial charge on any atom is -0.481 e. The topological polar surface area (TPSA) is 63.3 Å². The average Bonchev–Trinajstić information content (AvgIpc) is 2.34. The van der Waals surface area contributed by atoms with E-state index in [1.165, 1.54) is 51.4 Å². The number of carbonyl (C=O) groups is 1. The number of rotatable bonds is 11. The lowest BCUT2D eigenvalue weighted by Gasteiger charge is -2.17. The van der Waals surface area contributed by atoms with Crippen LogP contribution in [0.4, 0.5) is 0 Å². The largest absolute Gasteiger partial charge is 0.481 e. The lowest BCUT2D eigenvalue weighted by atomic mass is 9.97. The van der Waals surface area contributed by atoms with E-state index in [9.17, 15) is 4.79 Å². The number of carboxylic acids is 1. The minimum atomic E-state index is -0.693. The summed E-state index contributed by atoms with van der Waals surface area (Å²) < 4.78 is 0. The molecular weight excluding hydrogens is 250 g/mol. The molecule has 0 saturated heterocycles. The highest BCUT2D eigenvalue weighted by atomic mass is 16.4. The third-order valence-electron chi connectivity index (χ3n) is 3.17. The molecule has 0 saturated carbocycles. The predicted molar refractivity (Wildman–Crippen MR) is 88.0 cm³/mol. The van der Waals surface area contributed by atoms with E-state index in [1.807, 2.05) is 6.92 Å². The van der Waals surface area contributed by atoms with Crippen molar-refractivity contribution in [1.82, 2.24) is 0 Å². The molecule has 20 heavy (non-hydrogen) atoms. The van der Waals surface area contributed by atoms with Gasteiger partial charge in [-0.15, -0.1) is 0 Å². The van der Waals surface area contributed by atoms with Crippen LogP contribution < -0.4 is 5.73 Å². The van der Waals surface area contributed by atoms with E-state index in [2.05, 4.69) is 20.8 Å². The zero-order chi connectivity index (χ0) is 15.9. The van der Waals surface area contributed by atoms with Gasteiger partial charge in [0, 0.05) is 12.0 Å². The molecule has 0 aromatic rings. The Morgan fingerprint density at radius 2 is 1.35 bits per heavy atom. The quantitative estimate of drug-likeness (QED) is 0.518. The Hall–Kier alpha value is -0.570. The van der Waals surface area contributed by atoms with Crippen LogP contribution in [0.15, 0.2) is 0 Å². The van der Waals surface area contributed by atoms with E-state index < -0.39 is 5.97 Å². The Balaban J connectivity index is 0. The van der Waals surface area contributed by atoms with E-state index in [1.54, 1.807) is 0 Å². The monoisotopic (exact) mass is 287 g/mol. The van der Waals surface area contributed by atoms with E-state index in [-0.39, 0.29) is 5.54 Å². The molecule has 0 spiro atoms. The molecule has 0 amide bonds. The molecule has 0 aliphatic heterocycles. The zero-order valence-electron chi connectivity index (χ0n) is 14.2. The van der Waals surface area contributed by atoms with Crippen molar-refractivity contribution in [2.45, 2.75) is 104 Å². The summed E-state index contributed by atoms with van der Waals surface area (Å²) in [6.07, 6.45) is 12.9. The van der Waals surface area contributed by atoms with Gasteiger partial charge >= 0.3 is 5.97 Å². The van der Waals surface area contributed by atoms with Crippen molar-refractivity contribution in [2.75, 3.05) is 0 Å². The van der Waals surface area contributed by atoms with Gasteiger partial charge in [0.05, 0.1) is 0 Å². The maximum absolute atomic E-state index is 9.76. The molecule has 0 aliphatic rings. The minimum absolute atomic E-state index is 0.0451. The molecule has 3 nitrogen and oxygen atoms in total. The fourth-order valence-corrected chi connectivity index (χ4v) is 1.87. The molecule has 0 rings (SSSR count). The van der Waals surface area contributed by atoms with Crippen LogP contribution in [-0.2, 0) is 4.79 Å². The number of hydrogen-bond donors (Lipinski definition) is 2. The average molecular weight is 287 g/mol. The maximum Gasteiger partial charge on any atom is 0.303 e. The summed E-state index contributed by atoms with van der Waals surface area (Å²) in [5.41, 5.74) is 5.94. The molecule has 3 heteroatoms. The summed E-state index contributed by atoms with van der Waals surface area (Å²) in [5, 5.41) is 8.04. The standard InChI is InChI=1S/C12H27N.C5H10O2/c1-4-5-6-7-8-9-10-11-12(2,3)13;1-2-3-4-5(6)7/h4-11,13H2,1-3H3;2-4H2,1H3,(H,6,7). The maximum atomic E-state index is 9.76. The van der Waals surface area contributed by atoms with Crippen LogP contribution in [0.5, 0.6) is 0 Å². The van der Waals surface area contributed by atoms with Crippen molar-refractivity contribution in [3.05, 3.63) is 0 Å². The first kappa shape index (κ1) is 21.7. The lowest BCUT2D eigenvalue weighted by Crippen LogP contribution is -2.31. The van der Waals surface area contributed by atoms with Crippen molar-refractivity contribution in [1.29, 1.82) is 0 Å². The molecule has 0 aliphatic carbocycles. The molecule has 0 bridgehead atoms. The van der Waals surface area contributed by atoms with Crippen LogP contribution in [0.3, 0.4) is 0 Å². The van der Waals surface area contributed by atoms with Crippen molar-refractivity contribution < 1.29 is 9.90 Å². The number of unbranched alkanes of at least 4 members (excludes halogenated alkanes) is 7. The zero-order valence-corrected chi connectivity index (χ0v) is 14.2. The molecule has 0 aromatic carbocycles. The van der Waals surface area contributed by atoms with Crippen molar-refractivity contribution >= 4 is 5.97 Å². The van der Waals surface area contributed by atoms with Crippen LogP contribution in [0.25, 0.3) is 0 Å². The van der Waals surface area contributed by atoms with E-state index in [4.69, 9.17) is 10.8 Å². The van der Waals surface area contributed by atoms with Crippen molar-refractivity contribution in [2.24, 2.45) is 5.73 Å². The second-order valence-corrected chi connectivity index (χ2v) is 6.36. The van der Waals surface area contributed by atoms with E-state index in [0.717, 1.165) is 12.8 Å². The highest BCUT2D eigenvalue weighted by Gasteiger charge is 2.08. The molecule has 0 fully saturated rings. The fraction of sp³-hybridized carbons (Fsp3) is 0.941. The second kappa shape index (κ2) is 14.8. The Labute approximate surface area is 126 Å². The molecule has 3 N–H and O–H groups in total. The molecule has 0 radical (unpaired) electrons. The van der Waals surface area contributed by atoms with Crippen LogP contribution in [0.1, 0.15) is 98.3 Å². The van der Waals surface area contributed by atoms with Gasteiger partial charge in [0.15, 0.2) is 0 Å². The fourth-order valence-electron chi connectivity index (χ4n) is 1.87. The number of carboxylic acid groups (broad SMARTS) is 1. The van der Waals surface area contributed by atoms with Gasteiger partial charge in [-0.3, -0.25) is 4.79 Å². The third-order valence-corrected chi connectivity index (χ3v) is 3.17. The summed E-state index contributed by atoms with van der Waals surface area (Å²) in [7, 11) is 0. The van der Waals surface area contributed by atoms with Gasteiger partial charge in [-0.05, 0) is 26.7 Å². The van der Waals surface area contributed by atoms with E-state index in [0.29, 0.717) is 6.42 Å². The van der Waals surface area contributed by atoms with Gasteiger partial charge in [-0.1, -0.05) is 65.2 Å². The van der Waals surface area contributed by atoms with Crippen molar-refractivity contribution in [3.8, 4) is 0 Å². The summed E-state index contributed by atoms with van der Waals surface area (Å²) in [6, 6.07) is 0. The molecule has 122 valence electrons. The van der Waals surface area contributed by atoms with Crippen LogP contribution in [0, 0.1) is 0 Å². The molecular formula is C17H37NO2. The first-order chi connectivity index (χ1) is 9.33. The van der Waals surface area contributed by atoms with Crippen molar-refractivity contribution in [3.63, 3.8) is 0 Å². The van der Waals surface area contributed by atoms with Gasteiger partial charge in [-0.25, -0.2) is 0 Å². The summed E-state index contributed by atoms with van der Waals surface area (Å²) in [6.45, 7) is 8.47. The summed E-state index contributed by atoms with van der Waals surface area (Å²) >= 11 is 0. The Morgan fingerprint density at radius 1 is 0.900 bits per heavy atom. The van der Waals surface area contributed by atoms with Gasteiger partial charge in [0.1, 0.15) is 0 Å². The first-order valence-corrected chi connectivity index (χ1v) is 8.34. The van der Waals surface area contributed by atoms with Crippen LogP contribution in [0.2, 0.25) is 0 Å². The number of aliphatic carboxylic acids is 1. The molecule has 0 unspecified atom stereocenters. The lowest BCUT2D eigenvalue weighted by molar-refractivity contribution is -0.137. The van der Waals surface area contributed by atoms with Gasteiger partial charge < -0.3 is 10.8 Å². The highest BCUT2D eigenvalue weighted by Crippen LogP contribution is 2.13. The second-order valence-electron chi connectivity index (χ2n) is 6.36. The van der Waals surface area contributed by atoms with Gasteiger partial charge in [0.25, 0.3) is 0 Å². The Kier molecular flexibility index (Phi) is 16.1. The highest BCUT2D eigenvalue weighted by molar-refractivity contribution is 5.66. The first-order valence-electron chi connectivity index (χ1n) is 8.34. The van der Waals surface area contributed by atoms with Crippen LogP contribution >= 0.6 is 0 Å². The van der Waals surface area contributed by atoms with Gasteiger partial charge in [0.2, 0.25) is 0 Å². The normalized spacial score (nSPS) is 10.8. The smallest absolute Gasteiger partial charge is 0.303 e. The predicted octanol–water partition coefficient (Wildman–Crippen LogP) is 5.13. The SMILES string of the molecule is CCCCC(=O)O.CCCCCCCCCC(C)(C)N. The van der Waals surface area contributed by atoms with E-state index >= 15 is 0 Å². The van der Waals surface area contributed by atoms with Crippen LogP contribution in [-0.4, -0.2) is 16.6 Å². The summed E-state index contributed by atoms with van der Waals surface area (Å²) in [4.78, 5) is 9.76. The Morgan fingerprint density at radius 3 is 1.70 bits per heavy atom. The third kappa shape index (κ3) is 26.1. The number of nitrogens with two attached hydrogens (primary N) is 1. The van der Waals surface area contributed by atoms with Gasteiger partial charge in [-0.2, -0.15) is 0 Å². The Bertz CT molecular complexity index is 210. The summed E-state index contributed by atoms with van der Waals surface area (Å²) in [5.74, 6) is -0.693. The molecule has 0 aromatic heterocycles. The molecule has 0 atom stereocenters. The molecule has 0 heterocycles. The number of hydrogen-bond acceptors (Lipinski definition) is 2.